The predicted molar refractivity (Wildman–Crippen MR) is 62.7 cm³/mol. The van der Waals surface area contributed by atoms with Crippen LogP contribution in [0.4, 0.5) is 0 Å². The van der Waals surface area contributed by atoms with E-state index >= 15 is 0 Å². The number of carbonyl (C=O) groups is 3. The van der Waals surface area contributed by atoms with E-state index in [-0.39, 0.29) is 6.42 Å². The van der Waals surface area contributed by atoms with Crippen LogP contribution in [0.1, 0.15) is 5.56 Å². The predicted octanol–water partition coefficient (Wildman–Crippen LogP) is 0.760. The fraction of sp³-hybridized carbons (Fsp3) is 0.308. The monoisotopic (exact) mass is 250 g/mol. The van der Waals surface area contributed by atoms with Crippen molar-refractivity contribution in [2.45, 2.75) is 6.42 Å². The smallest absolute Gasteiger partial charge is 0.375 e. The molecule has 18 heavy (non-hydrogen) atoms. The van der Waals surface area contributed by atoms with Gasteiger partial charge in [-0.15, -0.1) is 0 Å². The molecule has 0 amide bonds. The topological polar surface area (TPSA) is 69.7 Å². The van der Waals surface area contributed by atoms with Gasteiger partial charge in [0.05, 0.1) is 14.2 Å². The summed E-state index contributed by atoms with van der Waals surface area (Å²) >= 11 is 0. The van der Waals surface area contributed by atoms with Gasteiger partial charge in [-0.1, -0.05) is 30.3 Å². The Morgan fingerprint density at radius 1 is 1.06 bits per heavy atom. The Bertz CT molecular complexity index is 438. The highest BCUT2D eigenvalue weighted by Crippen LogP contribution is 2.12. The summed E-state index contributed by atoms with van der Waals surface area (Å²) in [5, 5.41) is 0. The van der Waals surface area contributed by atoms with E-state index in [4.69, 9.17) is 0 Å². The molecule has 0 heterocycles. The van der Waals surface area contributed by atoms with Crippen molar-refractivity contribution in [1.29, 1.82) is 0 Å². The number of methoxy groups -OCH3 is 2. The highest BCUT2D eigenvalue weighted by atomic mass is 16.5. The van der Waals surface area contributed by atoms with Crippen molar-refractivity contribution < 1.29 is 23.9 Å². The molecule has 5 nitrogen and oxygen atoms in total. The van der Waals surface area contributed by atoms with Gasteiger partial charge in [0, 0.05) is 0 Å². The maximum atomic E-state index is 11.7. The maximum Gasteiger partial charge on any atom is 0.375 e. The molecule has 0 bridgehead atoms. The Kier molecular flexibility index (Phi) is 5.05. The van der Waals surface area contributed by atoms with Crippen molar-refractivity contribution in [1.82, 2.24) is 0 Å². The molecule has 5 heteroatoms. The third-order valence-corrected chi connectivity index (χ3v) is 2.47. The van der Waals surface area contributed by atoms with Gasteiger partial charge >= 0.3 is 11.9 Å². The van der Waals surface area contributed by atoms with Crippen LogP contribution in [-0.4, -0.2) is 31.9 Å². The normalized spacial score (nSPS) is 11.4. The third-order valence-electron chi connectivity index (χ3n) is 2.47. The molecule has 0 saturated carbocycles. The fourth-order valence-corrected chi connectivity index (χ4v) is 1.52. The van der Waals surface area contributed by atoms with Gasteiger partial charge in [0.25, 0.3) is 5.78 Å². The highest BCUT2D eigenvalue weighted by molar-refractivity contribution is 6.37. The number of benzene rings is 1. The molecule has 0 spiro atoms. The van der Waals surface area contributed by atoms with Crippen LogP contribution in [0.2, 0.25) is 0 Å². The number of ketones is 1. The van der Waals surface area contributed by atoms with Crippen LogP contribution in [0.15, 0.2) is 30.3 Å². The quantitative estimate of drug-likeness (QED) is 0.438. The fourth-order valence-electron chi connectivity index (χ4n) is 1.52. The van der Waals surface area contributed by atoms with E-state index in [1.54, 1.807) is 24.3 Å². The Morgan fingerprint density at radius 3 is 2.17 bits per heavy atom. The molecule has 0 aliphatic carbocycles. The van der Waals surface area contributed by atoms with Crippen molar-refractivity contribution in [2.75, 3.05) is 14.2 Å². The van der Waals surface area contributed by atoms with Crippen LogP contribution >= 0.6 is 0 Å². The van der Waals surface area contributed by atoms with Crippen molar-refractivity contribution in [2.24, 2.45) is 5.92 Å². The zero-order valence-electron chi connectivity index (χ0n) is 10.2. The molecular weight excluding hydrogens is 236 g/mol. The highest BCUT2D eigenvalue weighted by Gasteiger charge is 2.33. The largest absolute Gasteiger partial charge is 0.468 e. The minimum absolute atomic E-state index is 0.113. The number of hydrogen-bond acceptors (Lipinski definition) is 5. The molecule has 1 atom stereocenters. The average Bonchev–Trinajstić information content (AvgIpc) is 2.43. The van der Waals surface area contributed by atoms with E-state index in [2.05, 4.69) is 9.47 Å². The van der Waals surface area contributed by atoms with Crippen molar-refractivity contribution in [3.63, 3.8) is 0 Å². The lowest BCUT2D eigenvalue weighted by Gasteiger charge is -2.12. The van der Waals surface area contributed by atoms with Crippen molar-refractivity contribution >= 4 is 17.7 Å². The summed E-state index contributed by atoms with van der Waals surface area (Å²) in [5.41, 5.74) is 0.769. The summed E-state index contributed by atoms with van der Waals surface area (Å²) in [6.45, 7) is 0. The summed E-state index contributed by atoms with van der Waals surface area (Å²) in [5.74, 6) is -3.84. The van der Waals surface area contributed by atoms with Crippen LogP contribution in [0, 0.1) is 5.92 Å². The number of rotatable bonds is 5. The minimum atomic E-state index is -1.16. The molecule has 0 N–H and O–H groups in total. The molecule has 0 radical (unpaired) electrons. The molecule has 1 unspecified atom stereocenters. The lowest BCUT2D eigenvalue weighted by molar-refractivity contribution is -0.159. The summed E-state index contributed by atoms with van der Waals surface area (Å²) < 4.78 is 8.86. The van der Waals surface area contributed by atoms with E-state index < -0.39 is 23.6 Å². The van der Waals surface area contributed by atoms with E-state index in [0.717, 1.165) is 12.7 Å². The van der Waals surface area contributed by atoms with E-state index in [1.165, 1.54) is 7.11 Å². The third kappa shape index (κ3) is 3.41. The van der Waals surface area contributed by atoms with Gasteiger partial charge < -0.3 is 9.47 Å². The van der Waals surface area contributed by atoms with Crippen molar-refractivity contribution in [3.05, 3.63) is 35.9 Å². The Labute approximate surface area is 105 Å². The number of esters is 2. The van der Waals surface area contributed by atoms with Gasteiger partial charge in [-0.2, -0.15) is 0 Å². The molecule has 0 saturated heterocycles. The van der Waals surface area contributed by atoms with Gasteiger partial charge in [0.1, 0.15) is 5.92 Å². The van der Waals surface area contributed by atoms with Gasteiger partial charge in [-0.25, -0.2) is 4.79 Å². The number of carbonyl (C=O) groups excluding carboxylic acids is 3. The Morgan fingerprint density at radius 2 is 1.67 bits per heavy atom. The SMILES string of the molecule is COC(=O)C(=O)C(Cc1ccccc1)C(=O)OC. The first-order valence-electron chi connectivity index (χ1n) is 5.34. The number of ether oxygens (including phenoxy) is 2. The first kappa shape index (κ1) is 13.9. The van der Waals surface area contributed by atoms with Crippen LogP contribution in [-0.2, 0) is 30.3 Å². The molecule has 0 fully saturated rings. The number of hydrogen-bond donors (Lipinski definition) is 0. The van der Waals surface area contributed by atoms with Crippen molar-refractivity contribution in [3.8, 4) is 0 Å². The molecule has 1 aromatic carbocycles. The second-order valence-corrected chi connectivity index (χ2v) is 3.62. The molecule has 0 aromatic heterocycles. The maximum absolute atomic E-state index is 11.7. The lowest BCUT2D eigenvalue weighted by Crippen LogP contribution is -2.33. The lowest BCUT2D eigenvalue weighted by atomic mass is 9.95. The molecule has 96 valence electrons. The van der Waals surface area contributed by atoms with E-state index in [1.807, 2.05) is 6.07 Å². The standard InChI is InChI=1S/C13H14O5/c1-17-12(15)10(11(14)13(16)18-2)8-9-6-4-3-5-7-9/h3-7,10H,8H2,1-2H3. The average molecular weight is 250 g/mol. The molecule has 1 rings (SSSR count). The first-order chi connectivity index (χ1) is 8.60. The zero-order valence-corrected chi connectivity index (χ0v) is 10.2. The molecule has 1 aromatic rings. The second-order valence-electron chi connectivity index (χ2n) is 3.62. The summed E-state index contributed by atoms with van der Waals surface area (Å²) in [4.78, 5) is 34.4. The van der Waals surface area contributed by atoms with Gasteiger partial charge in [-0.3, -0.25) is 9.59 Å². The Hall–Kier alpha value is -2.17. The zero-order chi connectivity index (χ0) is 13.5. The Balaban J connectivity index is 2.89. The van der Waals surface area contributed by atoms with Crippen LogP contribution < -0.4 is 0 Å². The minimum Gasteiger partial charge on any atom is -0.468 e. The van der Waals surface area contributed by atoms with E-state index in [9.17, 15) is 14.4 Å². The molecule has 0 aliphatic heterocycles. The van der Waals surface area contributed by atoms with Gasteiger partial charge in [0.2, 0.25) is 0 Å². The summed E-state index contributed by atoms with van der Waals surface area (Å²) in [6.07, 6.45) is 0.113. The molecule has 0 aliphatic rings. The van der Waals surface area contributed by atoms with E-state index in [0.29, 0.717) is 0 Å². The second kappa shape index (κ2) is 6.54. The number of Topliss-reactive ketones (excluding diaryl/α,β-unsaturated/α-hetero) is 1. The first-order valence-corrected chi connectivity index (χ1v) is 5.34. The van der Waals surface area contributed by atoms with Crippen LogP contribution in [0.3, 0.4) is 0 Å². The van der Waals surface area contributed by atoms with Gasteiger partial charge in [-0.05, 0) is 12.0 Å². The van der Waals surface area contributed by atoms with Crippen LogP contribution in [0.5, 0.6) is 0 Å². The van der Waals surface area contributed by atoms with Gasteiger partial charge in [0.15, 0.2) is 0 Å². The summed E-state index contributed by atoms with van der Waals surface area (Å²) in [7, 11) is 2.27. The summed E-state index contributed by atoms with van der Waals surface area (Å²) in [6, 6.07) is 8.92. The molecular formula is C13H14O5. The van der Waals surface area contributed by atoms with Crippen LogP contribution in [0.25, 0.3) is 0 Å².